The maximum Gasteiger partial charge on any atom is 0.239 e. The van der Waals surface area contributed by atoms with Gasteiger partial charge in [-0.15, -0.1) is 11.3 Å². The van der Waals surface area contributed by atoms with E-state index in [1.54, 1.807) is 11.4 Å². The summed E-state index contributed by atoms with van der Waals surface area (Å²) in [5.41, 5.74) is 0.530. The number of hydrogen-bond acceptors (Lipinski definition) is 5. The van der Waals surface area contributed by atoms with Gasteiger partial charge in [-0.3, -0.25) is 9.69 Å². The van der Waals surface area contributed by atoms with Gasteiger partial charge in [-0.25, -0.2) is 0 Å². The number of nitrogens with zero attached hydrogens (tertiary/aromatic N) is 2. The highest BCUT2D eigenvalue weighted by molar-refractivity contribution is 7.14. The van der Waals surface area contributed by atoms with E-state index in [1.807, 2.05) is 0 Å². The fourth-order valence-corrected chi connectivity index (χ4v) is 2.77. The minimum Gasteiger partial charge on any atom is -0.315 e. The van der Waals surface area contributed by atoms with E-state index in [1.165, 1.54) is 11.3 Å². The topological polar surface area (TPSA) is 68.2 Å². The molecule has 1 fully saturated rings. The summed E-state index contributed by atoms with van der Waals surface area (Å²) >= 11 is 1.38. The smallest absolute Gasteiger partial charge is 0.239 e. The number of carbonyl (C=O) groups is 1. The van der Waals surface area contributed by atoms with Crippen molar-refractivity contribution in [2.75, 3.05) is 31.5 Å². The van der Waals surface area contributed by atoms with Crippen LogP contribution < -0.4 is 10.6 Å². The summed E-state index contributed by atoms with van der Waals surface area (Å²) < 4.78 is 0. The van der Waals surface area contributed by atoms with Crippen molar-refractivity contribution in [3.8, 4) is 6.07 Å². The molecular formula is C12H16N4OS. The fraction of sp³-hybridized carbons (Fsp3) is 0.500. The van der Waals surface area contributed by atoms with Crippen LogP contribution in [0.3, 0.4) is 0 Å². The van der Waals surface area contributed by atoms with Gasteiger partial charge in [-0.2, -0.15) is 5.26 Å². The first-order valence-electron chi connectivity index (χ1n) is 5.92. The first kappa shape index (κ1) is 13.0. The second-order valence-corrected chi connectivity index (χ2v) is 5.33. The summed E-state index contributed by atoms with van der Waals surface area (Å²) in [4.78, 5) is 14.0. The molecule has 2 N–H and O–H groups in total. The second-order valence-electron chi connectivity index (χ2n) is 4.41. The third-order valence-corrected chi connectivity index (χ3v) is 3.69. The first-order chi connectivity index (χ1) is 8.69. The molecule has 1 aromatic heterocycles. The van der Waals surface area contributed by atoms with Gasteiger partial charge < -0.3 is 10.6 Å². The number of nitriles is 1. The summed E-state index contributed by atoms with van der Waals surface area (Å²) in [6, 6.07) is 4.20. The number of nitrogens with one attached hydrogen (secondary N) is 2. The highest BCUT2D eigenvalue weighted by Crippen LogP contribution is 2.21. The Bertz CT molecular complexity index is 465. The highest BCUT2D eigenvalue weighted by atomic mass is 32.1. The van der Waals surface area contributed by atoms with Gasteiger partial charge in [0, 0.05) is 25.7 Å². The molecule has 5 nitrogen and oxygen atoms in total. The summed E-state index contributed by atoms with van der Waals surface area (Å²) in [7, 11) is 0. The van der Waals surface area contributed by atoms with E-state index in [2.05, 4.69) is 28.5 Å². The lowest BCUT2D eigenvalue weighted by Crippen LogP contribution is -2.51. The van der Waals surface area contributed by atoms with Crippen molar-refractivity contribution in [2.45, 2.75) is 13.0 Å². The average Bonchev–Trinajstić information content (AvgIpc) is 2.76. The summed E-state index contributed by atoms with van der Waals surface area (Å²) in [6.45, 7) is 5.17. The largest absolute Gasteiger partial charge is 0.315 e. The SMILES string of the molecule is C[C@@H]1CN(CC(=O)Nc2sccc2C#N)CCN1. The van der Waals surface area contributed by atoms with Crippen molar-refractivity contribution in [1.82, 2.24) is 10.2 Å². The number of anilines is 1. The van der Waals surface area contributed by atoms with E-state index in [-0.39, 0.29) is 5.91 Å². The highest BCUT2D eigenvalue weighted by Gasteiger charge is 2.18. The van der Waals surface area contributed by atoms with Gasteiger partial charge in [0.15, 0.2) is 0 Å². The monoisotopic (exact) mass is 264 g/mol. The predicted octanol–water partition coefficient (Wildman–Crippen LogP) is 0.852. The maximum absolute atomic E-state index is 11.9. The molecule has 0 aromatic carbocycles. The maximum atomic E-state index is 11.9. The minimum atomic E-state index is -0.0527. The number of rotatable bonds is 3. The standard InChI is InChI=1S/C12H16N4OS/c1-9-7-16(4-3-14-9)8-11(17)15-12-10(6-13)2-5-18-12/h2,5,9,14H,3-4,7-8H2,1H3,(H,15,17)/t9-/m1/s1. The van der Waals surface area contributed by atoms with Gasteiger partial charge in [0.2, 0.25) is 5.91 Å². The van der Waals surface area contributed by atoms with Gasteiger partial charge in [-0.05, 0) is 18.4 Å². The lowest BCUT2D eigenvalue weighted by atomic mass is 10.2. The molecule has 1 amide bonds. The van der Waals surface area contributed by atoms with Crippen LogP contribution in [0.2, 0.25) is 0 Å². The average molecular weight is 264 g/mol. The Hall–Kier alpha value is -1.42. The Labute approximate surface area is 110 Å². The molecule has 2 heterocycles. The second kappa shape index (κ2) is 5.96. The van der Waals surface area contributed by atoms with Crippen molar-refractivity contribution < 1.29 is 4.79 Å². The molecule has 0 spiro atoms. The van der Waals surface area contributed by atoms with Crippen LogP contribution in [0, 0.1) is 11.3 Å². The molecule has 2 rings (SSSR count). The van der Waals surface area contributed by atoms with E-state index < -0.39 is 0 Å². The number of piperazine rings is 1. The summed E-state index contributed by atoms with van der Waals surface area (Å²) in [6.07, 6.45) is 0. The quantitative estimate of drug-likeness (QED) is 0.849. The molecule has 1 aromatic rings. The molecule has 0 radical (unpaired) electrons. The Kier molecular flexibility index (Phi) is 4.31. The van der Waals surface area contributed by atoms with Crippen LogP contribution in [0.5, 0.6) is 0 Å². The molecule has 1 saturated heterocycles. The summed E-state index contributed by atoms with van der Waals surface area (Å²) in [5, 5.41) is 17.4. The van der Waals surface area contributed by atoms with Crippen molar-refractivity contribution >= 4 is 22.2 Å². The number of carbonyl (C=O) groups excluding carboxylic acids is 1. The van der Waals surface area contributed by atoms with Crippen LogP contribution in [-0.4, -0.2) is 43.0 Å². The number of amides is 1. The Morgan fingerprint density at radius 1 is 1.78 bits per heavy atom. The van der Waals surface area contributed by atoms with E-state index in [0.29, 0.717) is 23.2 Å². The van der Waals surface area contributed by atoms with Crippen LogP contribution in [0.15, 0.2) is 11.4 Å². The zero-order valence-electron chi connectivity index (χ0n) is 10.3. The molecular weight excluding hydrogens is 248 g/mol. The molecule has 1 aliphatic heterocycles. The van der Waals surface area contributed by atoms with Crippen LogP contribution in [0.25, 0.3) is 0 Å². The van der Waals surface area contributed by atoms with Gasteiger partial charge >= 0.3 is 0 Å². The van der Waals surface area contributed by atoms with Crippen LogP contribution in [0.1, 0.15) is 12.5 Å². The molecule has 1 aliphatic rings. The van der Waals surface area contributed by atoms with Crippen molar-refractivity contribution in [1.29, 1.82) is 5.26 Å². The lowest BCUT2D eigenvalue weighted by molar-refractivity contribution is -0.117. The van der Waals surface area contributed by atoms with Crippen LogP contribution in [-0.2, 0) is 4.79 Å². The third-order valence-electron chi connectivity index (χ3n) is 2.86. The summed E-state index contributed by atoms with van der Waals surface area (Å²) in [5.74, 6) is -0.0527. The molecule has 6 heteroatoms. The lowest BCUT2D eigenvalue weighted by Gasteiger charge is -2.31. The van der Waals surface area contributed by atoms with Gasteiger partial charge in [-0.1, -0.05) is 0 Å². The molecule has 0 aliphatic carbocycles. The normalized spacial score (nSPS) is 20.3. The zero-order valence-corrected chi connectivity index (χ0v) is 11.1. The molecule has 1 atom stereocenters. The first-order valence-corrected chi connectivity index (χ1v) is 6.80. The Morgan fingerprint density at radius 3 is 3.33 bits per heavy atom. The fourth-order valence-electron chi connectivity index (χ4n) is 2.02. The predicted molar refractivity (Wildman–Crippen MR) is 71.6 cm³/mol. The van der Waals surface area contributed by atoms with Crippen LogP contribution >= 0.6 is 11.3 Å². The van der Waals surface area contributed by atoms with E-state index in [4.69, 9.17) is 5.26 Å². The molecule has 96 valence electrons. The van der Waals surface area contributed by atoms with Crippen molar-refractivity contribution in [3.63, 3.8) is 0 Å². The molecule has 0 unspecified atom stereocenters. The number of hydrogen-bond donors (Lipinski definition) is 2. The Morgan fingerprint density at radius 2 is 2.61 bits per heavy atom. The molecule has 18 heavy (non-hydrogen) atoms. The van der Waals surface area contributed by atoms with E-state index >= 15 is 0 Å². The van der Waals surface area contributed by atoms with Crippen molar-refractivity contribution in [3.05, 3.63) is 17.0 Å². The van der Waals surface area contributed by atoms with E-state index in [9.17, 15) is 4.79 Å². The minimum absolute atomic E-state index is 0.0527. The van der Waals surface area contributed by atoms with Gasteiger partial charge in [0.25, 0.3) is 0 Å². The molecule has 0 bridgehead atoms. The van der Waals surface area contributed by atoms with Crippen LogP contribution in [0.4, 0.5) is 5.00 Å². The Balaban J connectivity index is 1.87. The van der Waals surface area contributed by atoms with Gasteiger partial charge in [0.1, 0.15) is 11.1 Å². The molecule has 0 saturated carbocycles. The zero-order chi connectivity index (χ0) is 13.0. The third kappa shape index (κ3) is 3.29. The number of thiophene rings is 1. The van der Waals surface area contributed by atoms with Crippen molar-refractivity contribution in [2.24, 2.45) is 0 Å². The van der Waals surface area contributed by atoms with E-state index in [0.717, 1.165) is 19.6 Å². The van der Waals surface area contributed by atoms with Gasteiger partial charge in [0.05, 0.1) is 12.1 Å².